The van der Waals surface area contributed by atoms with Crippen molar-refractivity contribution in [1.29, 1.82) is 0 Å². The quantitative estimate of drug-likeness (QED) is 0.752. The molecule has 0 bridgehead atoms. The zero-order chi connectivity index (χ0) is 9.26. The second-order valence-corrected chi connectivity index (χ2v) is 3.10. The lowest BCUT2D eigenvalue weighted by molar-refractivity contribution is 0.312. The van der Waals surface area contributed by atoms with Gasteiger partial charge in [-0.3, -0.25) is 0 Å². The Morgan fingerprint density at radius 3 is 3.23 bits per heavy atom. The number of fused-ring (bicyclic) bond motifs is 1. The molecule has 1 aliphatic heterocycles. The molecular formula is C10H12FNO. The number of benzene rings is 1. The van der Waals surface area contributed by atoms with Crippen LogP contribution in [0.25, 0.3) is 0 Å². The van der Waals surface area contributed by atoms with Gasteiger partial charge in [-0.15, -0.1) is 0 Å². The Morgan fingerprint density at radius 2 is 2.46 bits per heavy atom. The SMILES string of the molecule is CCNC1COc2cc(F)ccc21. The molecule has 0 amide bonds. The Labute approximate surface area is 76.7 Å². The van der Waals surface area contributed by atoms with E-state index >= 15 is 0 Å². The molecule has 0 saturated heterocycles. The van der Waals surface area contributed by atoms with Crippen molar-refractivity contribution in [2.45, 2.75) is 13.0 Å². The molecule has 1 heterocycles. The van der Waals surface area contributed by atoms with Crippen LogP contribution in [0.2, 0.25) is 0 Å². The van der Waals surface area contributed by atoms with Gasteiger partial charge in [0.2, 0.25) is 0 Å². The van der Waals surface area contributed by atoms with Gasteiger partial charge in [0.15, 0.2) is 0 Å². The second kappa shape index (κ2) is 3.34. The van der Waals surface area contributed by atoms with Crippen LogP contribution < -0.4 is 10.1 Å². The van der Waals surface area contributed by atoms with Crippen molar-refractivity contribution in [3.8, 4) is 5.75 Å². The number of ether oxygens (including phenoxy) is 1. The van der Waals surface area contributed by atoms with E-state index in [1.165, 1.54) is 12.1 Å². The molecule has 0 fully saturated rings. The third-order valence-electron chi connectivity index (χ3n) is 2.21. The molecule has 1 N–H and O–H groups in total. The van der Waals surface area contributed by atoms with Crippen molar-refractivity contribution >= 4 is 0 Å². The van der Waals surface area contributed by atoms with Gasteiger partial charge in [-0.2, -0.15) is 0 Å². The number of rotatable bonds is 2. The number of halogens is 1. The first kappa shape index (κ1) is 8.51. The summed E-state index contributed by atoms with van der Waals surface area (Å²) in [5.74, 6) is 0.432. The molecule has 2 nitrogen and oxygen atoms in total. The normalized spacial score (nSPS) is 19.7. The highest BCUT2D eigenvalue weighted by Gasteiger charge is 2.23. The van der Waals surface area contributed by atoms with Crippen molar-refractivity contribution in [1.82, 2.24) is 5.32 Å². The standard InChI is InChI=1S/C10H12FNO/c1-2-12-9-6-13-10-5-7(11)3-4-8(9)10/h3-5,9,12H,2,6H2,1H3. The maximum atomic E-state index is 12.8. The van der Waals surface area contributed by atoms with Crippen LogP contribution in [0.4, 0.5) is 4.39 Å². The molecule has 2 rings (SSSR count). The number of nitrogens with one attached hydrogen (secondary N) is 1. The molecule has 1 atom stereocenters. The third-order valence-corrected chi connectivity index (χ3v) is 2.21. The molecule has 3 heteroatoms. The maximum Gasteiger partial charge on any atom is 0.127 e. The van der Waals surface area contributed by atoms with Crippen LogP contribution in [-0.4, -0.2) is 13.2 Å². The lowest BCUT2D eigenvalue weighted by Crippen LogP contribution is -2.21. The first-order chi connectivity index (χ1) is 6.31. The van der Waals surface area contributed by atoms with Crippen LogP contribution in [-0.2, 0) is 0 Å². The van der Waals surface area contributed by atoms with Gasteiger partial charge in [0.05, 0.1) is 6.04 Å². The van der Waals surface area contributed by atoms with Crippen LogP contribution in [0.3, 0.4) is 0 Å². The van der Waals surface area contributed by atoms with E-state index in [9.17, 15) is 4.39 Å². The maximum absolute atomic E-state index is 12.8. The number of likely N-dealkylation sites (N-methyl/N-ethyl adjacent to an activating group) is 1. The van der Waals surface area contributed by atoms with E-state index in [1.54, 1.807) is 6.07 Å². The summed E-state index contributed by atoms with van der Waals surface area (Å²) >= 11 is 0. The molecule has 0 saturated carbocycles. The molecule has 1 aromatic carbocycles. The minimum atomic E-state index is -0.240. The predicted molar refractivity (Wildman–Crippen MR) is 48.3 cm³/mol. The Hall–Kier alpha value is -1.09. The topological polar surface area (TPSA) is 21.3 Å². The van der Waals surface area contributed by atoms with Gasteiger partial charge < -0.3 is 10.1 Å². The zero-order valence-electron chi connectivity index (χ0n) is 7.51. The van der Waals surface area contributed by atoms with E-state index in [2.05, 4.69) is 5.32 Å². The summed E-state index contributed by atoms with van der Waals surface area (Å²) in [7, 11) is 0. The molecular weight excluding hydrogens is 169 g/mol. The molecule has 13 heavy (non-hydrogen) atoms. The smallest absolute Gasteiger partial charge is 0.127 e. The largest absolute Gasteiger partial charge is 0.491 e. The predicted octanol–water partition coefficient (Wildman–Crippen LogP) is 1.87. The van der Waals surface area contributed by atoms with Crippen molar-refractivity contribution in [2.24, 2.45) is 0 Å². The lowest BCUT2D eigenvalue weighted by atomic mass is 10.1. The van der Waals surface area contributed by atoms with E-state index in [4.69, 9.17) is 4.74 Å². The first-order valence-corrected chi connectivity index (χ1v) is 4.47. The molecule has 70 valence electrons. The van der Waals surface area contributed by atoms with Crippen molar-refractivity contribution in [2.75, 3.05) is 13.2 Å². The summed E-state index contributed by atoms with van der Waals surface area (Å²) in [6, 6.07) is 4.91. The summed E-state index contributed by atoms with van der Waals surface area (Å²) in [6.07, 6.45) is 0. The highest BCUT2D eigenvalue weighted by molar-refractivity contribution is 5.39. The van der Waals surface area contributed by atoms with E-state index < -0.39 is 0 Å². The summed E-state index contributed by atoms with van der Waals surface area (Å²) in [5, 5.41) is 3.27. The molecule has 0 radical (unpaired) electrons. The van der Waals surface area contributed by atoms with Crippen molar-refractivity contribution < 1.29 is 9.13 Å². The molecule has 0 aromatic heterocycles. The Balaban J connectivity index is 2.27. The van der Waals surface area contributed by atoms with Crippen LogP contribution in [0.1, 0.15) is 18.5 Å². The highest BCUT2D eigenvalue weighted by Crippen LogP contribution is 2.32. The fraction of sp³-hybridized carbons (Fsp3) is 0.400. The summed E-state index contributed by atoms with van der Waals surface area (Å²) in [6.45, 7) is 3.54. The van der Waals surface area contributed by atoms with Gasteiger partial charge in [-0.25, -0.2) is 4.39 Å². The van der Waals surface area contributed by atoms with E-state index in [0.29, 0.717) is 12.4 Å². The van der Waals surface area contributed by atoms with Gasteiger partial charge in [-0.1, -0.05) is 13.0 Å². The summed E-state index contributed by atoms with van der Waals surface area (Å²) in [4.78, 5) is 0. The van der Waals surface area contributed by atoms with Crippen LogP contribution in [0, 0.1) is 5.82 Å². The second-order valence-electron chi connectivity index (χ2n) is 3.10. The average molecular weight is 181 g/mol. The van der Waals surface area contributed by atoms with E-state index in [0.717, 1.165) is 12.1 Å². The fourth-order valence-corrected chi connectivity index (χ4v) is 1.60. The molecule has 0 spiro atoms. The van der Waals surface area contributed by atoms with E-state index in [1.807, 2.05) is 6.92 Å². The highest BCUT2D eigenvalue weighted by atomic mass is 19.1. The molecule has 1 unspecified atom stereocenters. The minimum Gasteiger partial charge on any atom is -0.491 e. The third kappa shape index (κ3) is 1.52. The van der Waals surface area contributed by atoms with Gasteiger partial charge >= 0.3 is 0 Å². The van der Waals surface area contributed by atoms with Gasteiger partial charge in [0.1, 0.15) is 18.2 Å². The number of hydrogen-bond donors (Lipinski definition) is 1. The summed E-state index contributed by atoms with van der Waals surface area (Å²) in [5.41, 5.74) is 1.06. The van der Waals surface area contributed by atoms with Crippen LogP contribution >= 0.6 is 0 Å². The first-order valence-electron chi connectivity index (χ1n) is 4.47. The minimum absolute atomic E-state index is 0.223. The Morgan fingerprint density at radius 1 is 1.62 bits per heavy atom. The Kier molecular flexibility index (Phi) is 2.19. The molecule has 0 aliphatic carbocycles. The van der Waals surface area contributed by atoms with Crippen LogP contribution in [0.15, 0.2) is 18.2 Å². The monoisotopic (exact) mass is 181 g/mol. The number of hydrogen-bond acceptors (Lipinski definition) is 2. The van der Waals surface area contributed by atoms with Gasteiger partial charge in [0.25, 0.3) is 0 Å². The van der Waals surface area contributed by atoms with Crippen molar-refractivity contribution in [3.05, 3.63) is 29.6 Å². The van der Waals surface area contributed by atoms with E-state index in [-0.39, 0.29) is 11.9 Å². The van der Waals surface area contributed by atoms with Gasteiger partial charge in [0, 0.05) is 11.6 Å². The van der Waals surface area contributed by atoms with Gasteiger partial charge in [-0.05, 0) is 12.6 Å². The zero-order valence-corrected chi connectivity index (χ0v) is 7.51. The van der Waals surface area contributed by atoms with Crippen LogP contribution in [0.5, 0.6) is 5.75 Å². The summed E-state index contributed by atoms with van der Waals surface area (Å²) < 4.78 is 18.1. The fourth-order valence-electron chi connectivity index (χ4n) is 1.60. The lowest BCUT2D eigenvalue weighted by Gasteiger charge is -2.08. The molecule has 1 aliphatic rings. The molecule has 1 aromatic rings. The van der Waals surface area contributed by atoms with Crippen molar-refractivity contribution in [3.63, 3.8) is 0 Å². The Bertz CT molecular complexity index is 314. The average Bonchev–Trinajstić information content (AvgIpc) is 2.49.